The Labute approximate surface area is 224 Å². The smallest absolute Gasteiger partial charge is 0.296 e. The summed E-state index contributed by atoms with van der Waals surface area (Å²) < 4.78 is 38.9. The van der Waals surface area contributed by atoms with Gasteiger partial charge in [-0.1, -0.05) is 61.5 Å². The Morgan fingerprint density at radius 1 is 0.974 bits per heavy atom. The van der Waals surface area contributed by atoms with Gasteiger partial charge in [0.2, 0.25) is 15.8 Å². The first kappa shape index (κ1) is 25.0. The Kier molecular flexibility index (Phi) is 5.89. The van der Waals surface area contributed by atoms with Crippen LogP contribution in [0.15, 0.2) is 85.4 Å². The first-order valence-corrected chi connectivity index (χ1v) is 14.1. The van der Waals surface area contributed by atoms with Crippen molar-refractivity contribution in [3.05, 3.63) is 99.6 Å². The first-order valence-electron chi connectivity index (χ1n) is 12.6. The van der Waals surface area contributed by atoms with Crippen molar-refractivity contribution >= 4 is 43.5 Å². The van der Waals surface area contributed by atoms with Crippen LogP contribution in [0.1, 0.15) is 47.3 Å². The molecule has 0 saturated carbocycles. The molecular formula is C29H25N3O6S. The van der Waals surface area contributed by atoms with E-state index in [1.165, 1.54) is 21.3 Å². The summed E-state index contributed by atoms with van der Waals surface area (Å²) in [6, 6.07) is 18.0. The summed E-state index contributed by atoms with van der Waals surface area (Å²) >= 11 is 0. The lowest BCUT2D eigenvalue weighted by Crippen LogP contribution is -2.31. The van der Waals surface area contributed by atoms with E-state index in [1.807, 2.05) is 30.3 Å². The lowest BCUT2D eigenvalue weighted by atomic mass is 9.97. The fourth-order valence-electron chi connectivity index (χ4n) is 5.29. The van der Waals surface area contributed by atoms with E-state index in [2.05, 4.69) is 5.16 Å². The highest BCUT2D eigenvalue weighted by molar-refractivity contribution is 7.89. The normalized spacial score (nSPS) is 15.5. The van der Waals surface area contributed by atoms with Crippen molar-refractivity contribution in [2.45, 2.75) is 31.7 Å². The zero-order valence-electron chi connectivity index (χ0n) is 21.5. The molecule has 39 heavy (non-hydrogen) atoms. The third kappa shape index (κ3) is 3.78. The molecule has 198 valence electrons. The molecule has 0 N–H and O–H groups in total. The molecule has 0 fully saturated rings. The van der Waals surface area contributed by atoms with Gasteiger partial charge < -0.3 is 8.94 Å². The molecule has 1 unspecified atom stereocenters. The summed E-state index contributed by atoms with van der Waals surface area (Å²) in [4.78, 5) is 29.4. The molecule has 0 saturated heterocycles. The van der Waals surface area contributed by atoms with E-state index >= 15 is 0 Å². The number of carbonyl (C=O) groups excluding carboxylic acids is 1. The Morgan fingerprint density at radius 2 is 1.69 bits per heavy atom. The molecule has 1 aliphatic rings. The second-order valence-corrected chi connectivity index (χ2v) is 11.3. The van der Waals surface area contributed by atoms with Gasteiger partial charge in [-0.05, 0) is 41.5 Å². The summed E-state index contributed by atoms with van der Waals surface area (Å²) in [5.41, 5.74) is 0.685. The van der Waals surface area contributed by atoms with Crippen LogP contribution >= 0.6 is 0 Å². The van der Waals surface area contributed by atoms with E-state index in [0.29, 0.717) is 40.8 Å². The number of amides is 1. The quantitative estimate of drug-likeness (QED) is 0.276. The number of anilines is 1. The largest absolute Gasteiger partial charge is 0.450 e. The Balaban J connectivity index is 1.59. The average molecular weight is 544 g/mol. The zero-order chi connectivity index (χ0) is 27.5. The molecule has 0 aliphatic carbocycles. The van der Waals surface area contributed by atoms with Crippen molar-refractivity contribution in [3.8, 4) is 0 Å². The van der Waals surface area contributed by atoms with Gasteiger partial charge in [-0.2, -0.15) is 4.31 Å². The number of sulfonamides is 1. The minimum absolute atomic E-state index is 0.0757. The third-order valence-corrected chi connectivity index (χ3v) is 9.23. The van der Waals surface area contributed by atoms with Gasteiger partial charge in [-0.15, -0.1) is 0 Å². The van der Waals surface area contributed by atoms with Crippen LogP contribution in [0.4, 0.5) is 5.82 Å². The van der Waals surface area contributed by atoms with E-state index in [4.69, 9.17) is 8.94 Å². The topological polar surface area (TPSA) is 114 Å². The van der Waals surface area contributed by atoms with Crippen LogP contribution in [0.3, 0.4) is 0 Å². The number of hydrogen-bond donors (Lipinski definition) is 0. The number of aryl methyl sites for hydroxylation is 1. The van der Waals surface area contributed by atoms with Gasteiger partial charge in [0.15, 0.2) is 11.2 Å². The van der Waals surface area contributed by atoms with E-state index in [1.54, 1.807) is 45.0 Å². The van der Waals surface area contributed by atoms with Gasteiger partial charge in [0, 0.05) is 19.2 Å². The number of fused-ring (bicyclic) bond motifs is 4. The molecule has 1 aliphatic heterocycles. The Hall–Kier alpha value is -4.28. The van der Waals surface area contributed by atoms with Crippen molar-refractivity contribution in [3.63, 3.8) is 0 Å². The first-order chi connectivity index (χ1) is 18.8. The average Bonchev–Trinajstić information content (AvgIpc) is 3.49. The fourth-order valence-corrected chi connectivity index (χ4v) is 6.75. The standard InChI is InChI=1S/C29H25N3O6S/c1-4-31(5-2)39(35,36)20-13-10-19(11-14-20)26-25-27(33)24-21-9-7-6-8-18(21)12-15-22(24)37-28(25)29(34)32(26)23-16-17(3)38-30-23/h6-16,26H,4-5H2,1-3H3. The minimum Gasteiger partial charge on any atom is -0.450 e. The monoisotopic (exact) mass is 543 g/mol. The van der Waals surface area contributed by atoms with Gasteiger partial charge in [-0.25, -0.2) is 8.42 Å². The molecule has 5 aromatic rings. The van der Waals surface area contributed by atoms with Crippen LogP contribution < -0.4 is 10.3 Å². The molecule has 10 heteroatoms. The maximum atomic E-state index is 14.2. The van der Waals surface area contributed by atoms with Gasteiger partial charge in [0.25, 0.3) is 5.91 Å². The number of rotatable bonds is 6. The molecule has 0 radical (unpaired) electrons. The van der Waals surface area contributed by atoms with Gasteiger partial charge in [0.1, 0.15) is 11.3 Å². The van der Waals surface area contributed by atoms with Crippen molar-refractivity contribution in [1.82, 2.24) is 9.46 Å². The number of aromatic nitrogens is 1. The van der Waals surface area contributed by atoms with Crippen molar-refractivity contribution in [2.75, 3.05) is 18.0 Å². The van der Waals surface area contributed by atoms with Gasteiger partial charge in [-0.3, -0.25) is 14.5 Å². The predicted octanol–water partition coefficient (Wildman–Crippen LogP) is 5.02. The summed E-state index contributed by atoms with van der Waals surface area (Å²) in [6.07, 6.45) is 0. The number of nitrogens with zero attached hydrogens (tertiary/aromatic N) is 3. The second-order valence-electron chi connectivity index (χ2n) is 9.37. The van der Waals surface area contributed by atoms with E-state index in [-0.39, 0.29) is 27.5 Å². The second kappa shape index (κ2) is 9.18. The van der Waals surface area contributed by atoms with Crippen LogP contribution in [0, 0.1) is 6.92 Å². The Morgan fingerprint density at radius 3 is 2.36 bits per heavy atom. The minimum atomic E-state index is -3.69. The molecule has 1 amide bonds. The molecule has 3 heterocycles. The predicted molar refractivity (Wildman–Crippen MR) is 146 cm³/mol. The highest BCUT2D eigenvalue weighted by Gasteiger charge is 2.45. The lowest BCUT2D eigenvalue weighted by Gasteiger charge is -2.23. The maximum Gasteiger partial charge on any atom is 0.296 e. The van der Waals surface area contributed by atoms with Gasteiger partial charge in [0.05, 0.1) is 21.9 Å². The molecule has 3 aromatic carbocycles. The van der Waals surface area contributed by atoms with Crippen LogP contribution in [0.5, 0.6) is 0 Å². The summed E-state index contributed by atoms with van der Waals surface area (Å²) in [5, 5.41) is 6.01. The third-order valence-electron chi connectivity index (χ3n) is 7.17. The molecule has 9 nitrogen and oxygen atoms in total. The van der Waals surface area contributed by atoms with Crippen LogP contribution in [-0.4, -0.2) is 36.9 Å². The SMILES string of the molecule is CCN(CC)S(=O)(=O)c1ccc(C2c3c(oc4ccc5ccccc5c4c3=O)C(=O)N2c2cc(C)on2)cc1. The lowest BCUT2D eigenvalue weighted by molar-refractivity contribution is 0.0969. The number of carbonyl (C=O) groups is 1. The molecular weight excluding hydrogens is 518 g/mol. The summed E-state index contributed by atoms with van der Waals surface area (Å²) in [5.74, 6) is 0.106. The highest BCUT2D eigenvalue weighted by Crippen LogP contribution is 2.41. The van der Waals surface area contributed by atoms with Gasteiger partial charge >= 0.3 is 0 Å². The molecule has 0 bridgehead atoms. The molecule has 2 aromatic heterocycles. The van der Waals surface area contributed by atoms with E-state index in [0.717, 1.165) is 5.39 Å². The molecule has 0 spiro atoms. The number of hydrogen-bond acceptors (Lipinski definition) is 7. The Bertz CT molecular complexity index is 1920. The van der Waals surface area contributed by atoms with Crippen molar-refractivity contribution in [2.24, 2.45) is 0 Å². The van der Waals surface area contributed by atoms with Crippen LogP contribution in [0.2, 0.25) is 0 Å². The van der Waals surface area contributed by atoms with Crippen LogP contribution in [-0.2, 0) is 10.0 Å². The van der Waals surface area contributed by atoms with Crippen LogP contribution in [0.25, 0.3) is 21.7 Å². The number of benzene rings is 3. The molecule has 6 rings (SSSR count). The fraction of sp³-hybridized carbons (Fsp3) is 0.207. The summed E-state index contributed by atoms with van der Waals surface area (Å²) in [6.45, 7) is 5.94. The van der Waals surface area contributed by atoms with Crippen molar-refractivity contribution < 1.29 is 22.2 Å². The van der Waals surface area contributed by atoms with E-state index in [9.17, 15) is 18.0 Å². The van der Waals surface area contributed by atoms with E-state index < -0.39 is 22.0 Å². The summed E-state index contributed by atoms with van der Waals surface area (Å²) in [7, 11) is -3.69. The zero-order valence-corrected chi connectivity index (χ0v) is 22.4. The highest BCUT2D eigenvalue weighted by atomic mass is 32.2. The molecule has 1 atom stereocenters. The van der Waals surface area contributed by atoms with Crippen molar-refractivity contribution in [1.29, 1.82) is 0 Å². The maximum absolute atomic E-state index is 14.2.